The zero-order valence-electron chi connectivity index (χ0n) is 24.5. The lowest BCUT2D eigenvalue weighted by molar-refractivity contribution is 0.669. The van der Waals surface area contributed by atoms with Crippen LogP contribution in [0.2, 0.25) is 0 Å². The zero-order chi connectivity index (χ0) is 29.7. The van der Waals surface area contributed by atoms with Crippen LogP contribution in [0.15, 0.2) is 174 Å². The van der Waals surface area contributed by atoms with E-state index in [2.05, 4.69) is 167 Å². The highest BCUT2D eigenvalue weighted by Crippen LogP contribution is 2.40. The summed E-state index contributed by atoms with van der Waals surface area (Å²) in [6.45, 7) is 0. The van der Waals surface area contributed by atoms with Gasteiger partial charge in [-0.05, 0) is 90.0 Å². The molecule has 0 saturated heterocycles. The molecule has 7 aromatic carbocycles. The molecule has 0 aliphatic rings. The van der Waals surface area contributed by atoms with Gasteiger partial charge in [-0.3, -0.25) is 0 Å². The molecular weight excluding hydrogens is 548 g/mol. The Kier molecular flexibility index (Phi) is 5.82. The Morgan fingerprint density at radius 3 is 1.80 bits per heavy atom. The van der Waals surface area contributed by atoms with Gasteiger partial charge in [-0.1, -0.05) is 91.0 Å². The summed E-state index contributed by atoms with van der Waals surface area (Å²) in [6.07, 6.45) is 0. The van der Waals surface area contributed by atoms with Gasteiger partial charge >= 0.3 is 0 Å². The lowest BCUT2D eigenvalue weighted by atomic mass is 10.0. The summed E-state index contributed by atoms with van der Waals surface area (Å²) >= 11 is 0. The highest BCUT2D eigenvalue weighted by molar-refractivity contribution is 6.10. The van der Waals surface area contributed by atoms with Gasteiger partial charge in [-0.2, -0.15) is 0 Å². The largest absolute Gasteiger partial charge is 0.456 e. The molecule has 0 amide bonds. The summed E-state index contributed by atoms with van der Waals surface area (Å²) in [5.41, 5.74) is 11.1. The first-order valence-corrected chi connectivity index (χ1v) is 15.3. The van der Waals surface area contributed by atoms with Crippen molar-refractivity contribution >= 4 is 60.8 Å². The van der Waals surface area contributed by atoms with Gasteiger partial charge < -0.3 is 13.9 Å². The van der Waals surface area contributed by atoms with Crippen LogP contribution in [0.1, 0.15) is 0 Å². The third-order valence-corrected chi connectivity index (χ3v) is 8.78. The number of anilines is 3. The molecule has 9 aromatic rings. The van der Waals surface area contributed by atoms with E-state index in [1.807, 2.05) is 12.1 Å². The van der Waals surface area contributed by atoms with Crippen LogP contribution in [0.3, 0.4) is 0 Å². The Hall–Kier alpha value is -6.06. The smallest absolute Gasteiger partial charge is 0.135 e. The minimum absolute atomic E-state index is 0.896. The molecule has 0 saturated carbocycles. The number of hydrogen-bond acceptors (Lipinski definition) is 2. The maximum atomic E-state index is 6.13. The van der Waals surface area contributed by atoms with Gasteiger partial charge in [0.15, 0.2) is 0 Å². The molecule has 2 heterocycles. The summed E-state index contributed by atoms with van der Waals surface area (Å²) in [5.74, 6) is 0. The van der Waals surface area contributed by atoms with Crippen molar-refractivity contribution < 1.29 is 4.42 Å². The van der Waals surface area contributed by atoms with Crippen molar-refractivity contribution in [3.05, 3.63) is 170 Å². The Labute approximate surface area is 260 Å². The molecule has 0 spiro atoms. The van der Waals surface area contributed by atoms with Gasteiger partial charge in [0, 0.05) is 44.3 Å². The van der Waals surface area contributed by atoms with Crippen LogP contribution in [-0.2, 0) is 0 Å². The predicted molar refractivity (Wildman–Crippen MR) is 188 cm³/mol. The van der Waals surface area contributed by atoms with Crippen molar-refractivity contribution in [2.45, 2.75) is 0 Å². The standard InChI is InChI=1S/C42H28N2O/c1-3-11-31(12-4-1)43(34-24-26-42-38(28-34)36-16-8-10-18-41(36)45-42)33-22-19-29(20-23-33)30-21-25-40-37(27-30)35-15-7-9-17-39(35)44(40)32-13-5-2-6-14-32/h1-28H. The molecule has 0 atom stereocenters. The predicted octanol–water partition coefficient (Wildman–Crippen LogP) is 11.8. The van der Waals surface area contributed by atoms with Gasteiger partial charge in [-0.15, -0.1) is 0 Å². The number of aromatic nitrogens is 1. The summed E-state index contributed by atoms with van der Waals surface area (Å²) in [7, 11) is 0. The first kappa shape index (κ1) is 25.4. The molecule has 45 heavy (non-hydrogen) atoms. The molecule has 0 bridgehead atoms. The molecule has 0 N–H and O–H groups in total. The van der Waals surface area contributed by atoms with Crippen molar-refractivity contribution in [1.29, 1.82) is 0 Å². The Morgan fingerprint density at radius 2 is 0.978 bits per heavy atom. The second-order valence-corrected chi connectivity index (χ2v) is 11.4. The van der Waals surface area contributed by atoms with E-state index in [4.69, 9.17) is 4.42 Å². The van der Waals surface area contributed by atoms with Crippen molar-refractivity contribution in [2.75, 3.05) is 4.90 Å². The van der Waals surface area contributed by atoms with Crippen molar-refractivity contribution in [3.63, 3.8) is 0 Å². The highest BCUT2D eigenvalue weighted by atomic mass is 16.3. The Balaban J connectivity index is 1.15. The molecule has 0 aliphatic heterocycles. The molecule has 212 valence electrons. The van der Waals surface area contributed by atoms with Crippen molar-refractivity contribution in [1.82, 2.24) is 4.57 Å². The number of nitrogens with zero attached hydrogens (tertiary/aromatic N) is 2. The van der Waals surface area contributed by atoms with Crippen LogP contribution in [0.25, 0.3) is 60.6 Å². The molecule has 0 fully saturated rings. The van der Waals surface area contributed by atoms with Gasteiger partial charge in [0.1, 0.15) is 11.2 Å². The highest BCUT2D eigenvalue weighted by Gasteiger charge is 2.16. The first-order valence-electron chi connectivity index (χ1n) is 15.3. The zero-order valence-corrected chi connectivity index (χ0v) is 24.5. The normalized spacial score (nSPS) is 11.6. The number of para-hydroxylation sites is 4. The average molecular weight is 577 g/mol. The molecular formula is C42H28N2O. The van der Waals surface area contributed by atoms with Crippen LogP contribution in [0.4, 0.5) is 17.1 Å². The first-order chi connectivity index (χ1) is 22.3. The summed E-state index contributed by atoms with van der Waals surface area (Å²) in [4.78, 5) is 2.31. The fraction of sp³-hybridized carbons (Fsp3) is 0. The third kappa shape index (κ3) is 4.21. The Morgan fingerprint density at radius 1 is 0.378 bits per heavy atom. The van der Waals surface area contributed by atoms with E-state index in [0.29, 0.717) is 0 Å². The van der Waals surface area contributed by atoms with E-state index in [-0.39, 0.29) is 0 Å². The quantitative estimate of drug-likeness (QED) is 0.203. The SMILES string of the molecule is c1ccc(N(c2ccc(-c3ccc4c(c3)c3ccccc3n4-c3ccccc3)cc2)c2ccc3oc4ccccc4c3c2)cc1. The number of furan rings is 1. The van der Waals surface area contributed by atoms with Gasteiger partial charge in [0.25, 0.3) is 0 Å². The molecule has 3 nitrogen and oxygen atoms in total. The number of benzene rings is 7. The summed E-state index contributed by atoms with van der Waals surface area (Å²) < 4.78 is 8.48. The van der Waals surface area contributed by atoms with E-state index in [1.54, 1.807) is 0 Å². The van der Waals surface area contributed by atoms with Gasteiger partial charge in [0.05, 0.1) is 11.0 Å². The second kappa shape index (κ2) is 10.3. The van der Waals surface area contributed by atoms with E-state index in [1.165, 1.54) is 38.6 Å². The van der Waals surface area contributed by atoms with Crippen LogP contribution in [0.5, 0.6) is 0 Å². The van der Waals surface area contributed by atoms with Crippen LogP contribution in [0, 0.1) is 0 Å². The minimum atomic E-state index is 0.896. The maximum absolute atomic E-state index is 6.13. The average Bonchev–Trinajstić information content (AvgIpc) is 3.65. The minimum Gasteiger partial charge on any atom is -0.456 e. The number of fused-ring (bicyclic) bond motifs is 6. The van der Waals surface area contributed by atoms with Gasteiger partial charge in [-0.25, -0.2) is 0 Å². The van der Waals surface area contributed by atoms with Crippen molar-refractivity contribution in [2.24, 2.45) is 0 Å². The maximum Gasteiger partial charge on any atom is 0.135 e. The Bertz CT molecular complexity index is 2470. The molecule has 3 heteroatoms. The molecule has 9 rings (SSSR count). The van der Waals surface area contributed by atoms with E-state index in [0.717, 1.165) is 39.0 Å². The summed E-state index contributed by atoms with van der Waals surface area (Å²) in [6, 6.07) is 60.2. The monoisotopic (exact) mass is 576 g/mol. The van der Waals surface area contributed by atoms with Crippen LogP contribution < -0.4 is 4.90 Å². The second-order valence-electron chi connectivity index (χ2n) is 11.4. The molecule has 0 unspecified atom stereocenters. The van der Waals surface area contributed by atoms with E-state index in [9.17, 15) is 0 Å². The summed E-state index contributed by atoms with van der Waals surface area (Å²) in [5, 5.41) is 4.75. The van der Waals surface area contributed by atoms with Gasteiger partial charge in [0.2, 0.25) is 0 Å². The molecule has 0 aliphatic carbocycles. The molecule has 2 aromatic heterocycles. The van der Waals surface area contributed by atoms with E-state index < -0.39 is 0 Å². The van der Waals surface area contributed by atoms with E-state index >= 15 is 0 Å². The van der Waals surface area contributed by atoms with Crippen LogP contribution >= 0.6 is 0 Å². The topological polar surface area (TPSA) is 21.3 Å². The lowest BCUT2D eigenvalue weighted by Gasteiger charge is -2.25. The lowest BCUT2D eigenvalue weighted by Crippen LogP contribution is -2.09. The van der Waals surface area contributed by atoms with Crippen molar-refractivity contribution in [3.8, 4) is 16.8 Å². The fourth-order valence-corrected chi connectivity index (χ4v) is 6.69. The third-order valence-electron chi connectivity index (χ3n) is 8.78. The fourth-order valence-electron chi connectivity index (χ4n) is 6.69. The number of rotatable bonds is 5. The number of hydrogen-bond donors (Lipinski definition) is 0. The van der Waals surface area contributed by atoms with Crippen LogP contribution in [-0.4, -0.2) is 4.57 Å². The molecule has 0 radical (unpaired) electrons.